The van der Waals surface area contributed by atoms with Crippen LogP contribution in [0.4, 0.5) is 0 Å². The van der Waals surface area contributed by atoms with Crippen molar-refractivity contribution in [3.8, 4) is 17.6 Å². The lowest BCUT2D eigenvalue weighted by Gasteiger charge is -2.28. The highest BCUT2D eigenvalue weighted by Crippen LogP contribution is 2.17. The van der Waals surface area contributed by atoms with E-state index in [9.17, 15) is 5.11 Å². The fourth-order valence-electron chi connectivity index (χ4n) is 2.91. The lowest BCUT2D eigenvalue weighted by molar-refractivity contribution is -0.00000848. The number of aliphatic hydroxyl groups is 1. The van der Waals surface area contributed by atoms with Crippen molar-refractivity contribution in [2.24, 2.45) is 0 Å². The van der Waals surface area contributed by atoms with Gasteiger partial charge in [0.05, 0.1) is 13.2 Å². The van der Waals surface area contributed by atoms with Crippen LogP contribution in [0.1, 0.15) is 31.4 Å². The Morgan fingerprint density at radius 3 is 2.21 bits per heavy atom. The molecule has 0 bridgehead atoms. The number of methoxy groups -OCH3 is 1. The van der Waals surface area contributed by atoms with Gasteiger partial charge in [-0.15, -0.1) is 0 Å². The van der Waals surface area contributed by atoms with Gasteiger partial charge in [0, 0.05) is 18.5 Å². The van der Waals surface area contributed by atoms with E-state index >= 15 is 0 Å². The molecule has 0 aliphatic heterocycles. The summed E-state index contributed by atoms with van der Waals surface area (Å²) in [6, 6.07) is 17.8. The molecule has 0 aliphatic rings. The summed E-state index contributed by atoms with van der Waals surface area (Å²) in [6.07, 6.45) is 1.49. The largest absolute Gasteiger partial charge is 1.00 e. The van der Waals surface area contributed by atoms with Crippen molar-refractivity contribution in [1.29, 1.82) is 5.26 Å². The highest BCUT2D eigenvalue weighted by atomic mass is 35.5. The van der Waals surface area contributed by atoms with Gasteiger partial charge in [0.15, 0.2) is 0 Å². The first kappa shape index (κ1) is 24.8. The molecular weight excluding hydrogens is 388 g/mol. The van der Waals surface area contributed by atoms with Crippen LogP contribution >= 0.6 is 0 Å². The monoisotopic (exact) mass is 417 g/mol. The van der Waals surface area contributed by atoms with Gasteiger partial charge in [-0.1, -0.05) is 24.3 Å². The second-order valence-corrected chi connectivity index (χ2v) is 7.56. The molecule has 0 aliphatic carbocycles. The summed E-state index contributed by atoms with van der Waals surface area (Å²) in [5.74, 6) is 1.57. The van der Waals surface area contributed by atoms with Gasteiger partial charge in [0.1, 0.15) is 24.2 Å². The molecule has 2 aromatic carbocycles. The Bertz CT molecular complexity index is 755. The summed E-state index contributed by atoms with van der Waals surface area (Å²) < 4.78 is 10.9. The van der Waals surface area contributed by atoms with E-state index in [-0.39, 0.29) is 24.6 Å². The zero-order valence-electron chi connectivity index (χ0n) is 17.3. The van der Waals surface area contributed by atoms with Crippen molar-refractivity contribution in [2.45, 2.75) is 44.8 Å². The maximum atomic E-state index is 10.2. The lowest BCUT2D eigenvalue weighted by Crippen LogP contribution is -3.00. The summed E-state index contributed by atoms with van der Waals surface area (Å²) in [4.78, 5) is 0. The molecule has 2 N–H and O–H groups in total. The van der Waals surface area contributed by atoms with Crippen LogP contribution in [-0.4, -0.2) is 37.0 Å². The predicted molar refractivity (Wildman–Crippen MR) is 111 cm³/mol. The number of nitriles is 1. The van der Waals surface area contributed by atoms with E-state index in [1.54, 1.807) is 7.11 Å². The number of β-amino-alcohol motifs (C(OH)–C–C–N with tert-alkyl or cyclic N) is 1. The Kier molecular flexibility index (Phi) is 10.5. The molecule has 0 radical (unpaired) electrons. The van der Waals surface area contributed by atoms with Gasteiger partial charge in [-0.25, -0.2) is 0 Å². The van der Waals surface area contributed by atoms with E-state index in [1.165, 1.54) is 5.56 Å². The third-order valence-corrected chi connectivity index (χ3v) is 4.51. The van der Waals surface area contributed by atoms with E-state index in [0.29, 0.717) is 13.0 Å². The zero-order chi connectivity index (χ0) is 20.4. The molecular formula is C23H30ClN2O3-. The number of aliphatic hydroxyl groups excluding tert-OH is 1. The third kappa shape index (κ3) is 9.19. The Morgan fingerprint density at radius 1 is 1.03 bits per heavy atom. The number of rotatable bonds is 11. The normalized spacial score (nSPS) is 11.8. The fourth-order valence-corrected chi connectivity index (χ4v) is 2.91. The standard InChI is InChI=1S/C23H30N2O3.ClH/c1-23(2,15-19-8-10-21(27-3)11-9-19)25-16-20(26)17-28-22-12-6-18(7-13-22)5-4-14-24;/h6-13,20,25-26H,4-5,15-17H2,1-3H3;1H/p-1. The fraction of sp³-hybridized carbons (Fsp3) is 0.435. The Hall–Kier alpha value is -2.26. The van der Waals surface area contributed by atoms with E-state index < -0.39 is 6.10 Å². The first-order valence-corrected chi connectivity index (χ1v) is 9.56. The lowest BCUT2D eigenvalue weighted by atomic mass is 9.94. The molecule has 0 heterocycles. The van der Waals surface area contributed by atoms with Gasteiger partial charge in [0.25, 0.3) is 0 Å². The Morgan fingerprint density at radius 2 is 1.62 bits per heavy atom. The van der Waals surface area contributed by atoms with Crippen LogP contribution in [0, 0.1) is 11.3 Å². The highest BCUT2D eigenvalue weighted by Gasteiger charge is 2.19. The number of hydrogen-bond acceptors (Lipinski definition) is 5. The molecule has 0 saturated heterocycles. The van der Waals surface area contributed by atoms with Crippen LogP contribution in [-0.2, 0) is 12.8 Å². The number of hydrogen-bond donors (Lipinski definition) is 2. The van der Waals surface area contributed by atoms with E-state index in [2.05, 4.69) is 37.4 Å². The van der Waals surface area contributed by atoms with Crippen molar-refractivity contribution in [2.75, 3.05) is 20.3 Å². The van der Waals surface area contributed by atoms with Gasteiger partial charge in [-0.05, 0) is 62.1 Å². The molecule has 0 fully saturated rings. The first-order valence-electron chi connectivity index (χ1n) is 9.56. The minimum atomic E-state index is -0.603. The molecule has 1 atom stereocenters. The highest BCUT2D eigenvalue weighted by molar-refractivity contribution is 5.28. The Labute approximate surface area is 180 Å². The maximum Gasteiger partial charge on any atom is 0.119 e. The van der Waals surface area contributed by atoms with Gasteiger partial charge in [-0.3, -0.25) is 0 Å². The first-order chi connectivity index (χ1) is 13.4. The van der Waals surface area contributed by atoms with Crippen molar-refractivity contribution >= 4 is 0 Å². The summed E-state index contributed by atoms with van der Waals surface area (Å²) in [7, 11) is 1.66. The van der Waals surface area contributed by atoms with Crippen LogP contribution in [0.3, 0.4) is 0 Å². The minimum absolute atomic E-state index is 0. The summed E-state index contributed by atoms with van der Waals surface area (Å²) in [5, 5.41) is 22.3. The Balaban J connectivity index is 0.00000420. The topological polar surface area (TPSA) is 74.5 Å². The van der Waals surface area contributed by atoms with Gasteiger partial charge < -0.3 is 32.3 Å². The second-order valence-electron chi connectivity index (χ2n) is 7.56. The molecule has 2 rings (SSSR count). The van der Waals surface area contributed by atoms with Crippen LogP contribution in [0.15, 0.2) is 48.5 Å². The molecule has 158 valence electrons. The number of nitrogens with one attached hydrogen (secondary N) is 1. The van der Waals surface area contributed by atoms with E-state index in [1.807, 2.05) is 36.4 Å². The summed E-state index contributed by atoms with van der Waals surface area (Å²) >= 11 is 0. The SMILES string of the molecule is COc1ccc(CC(C)(C)NCC(O)COc2ccc(CCC#N)cc2)cc1.[Cl-]. The van der Waals surface area contributed by atoms with Crippen LogP contribution < -0.4 is 27.2 Å². The van der Waals surface area contributed by atoms with Gasteiger partial charge in [-0.2, -0.15) is 5.26 Å². The number of aryl methyl sites for hydroxylation is 1. The molecule has 0 saturated carbocycles. The molecule has 1 unspecified atom stereocenters. The maximum absolute atomic E-state index is 10.2. The molecule has 0 amide bonds. The van der Waals surface area contributed by atoms with Crippen molar-refractivity contribution < 1.29 is 27.0 Å². The van der Waals surface area contributed by atoms with Crippen molar-refractivity contribution in [1.82, 2.24) is 5.32 Å². The van der Waals surface area contributed by atoms with Crippen LogP contribution in [0.25, 0.3) is 0 Å². The molecule has 6 heteroatoms. The van der Waals surface area contributed by atoms with Gasteiger partial charge >= 0.3 is 0 Å². The number of benzene rings is 2. The van der Waals surface area contributed by atoms with Crippen LogP contribution in [0.2, 0.25) is 0 Å². The summed E-state index contributed by atoms with van der Waals surface area (Å²) in [5.41, 5.74) is 2.16. The smallest absolute Gasteiger partial charge is 0.119 e. The van der Waals surface area contributed by atoms with Crippen LogP contribution in [0.5, 0.6) is 11.5 Å². The average Bonchev–Trinajstić information content (AvgIpc) is 2.70. The molecule has 0 aromatic heterocycles. The number of nitrogens with zero attached hydrogens (tertiary/aromatic N) is 1. The van der Waals surface area contributed by atoms with Crippen molar-refractivity contribution in [3.05, 3.63) is 59.7 Å². The third-order valence-electron chi connectivity index (χ3n) is 4.51. The average molecular weight is 418 g/mol. The van der Waals surface area contributed by atoms with Crippen molar-refractivity contribution in [3.63, 3.8) is 0 Å². The number of ether oxygens (including phenoxy) is 2. The molecule has 5 nitrogen and oxygen atoms in total. The minimum Gasteiger partial charge on any atom is -1.00 e. The predicted octanol–water partition coefficient (Wildman–Crippen LogP) is 0.506. The summed E-state index contributed by atoms with van der Waals surface area (Å²) in [6.45, 7) is 4.90. The molecule has 29 heavy (non-hydrogen) atoms. The molecule has 0 spiro atoms. The number of halogens is 1. The molecule has 2 aromatic rings. The van der Waals surface area contributed by atoms with E-state index in [0.717, 1.165) is 29.9 Å². The second kappa shape index (κ2) is 12.3. The quantitative estimate of drug-likeness (QED) is 0.557. The van der Waals surface area contributed by atoms with E-state index in [4.69, 9.17) is 14.7 Å². The van der Waals surface area contributed by atoms with Gasteiger partial charge in [0.2, 0.25) is 0 Å². The zero-order valence-corrected chi connectivity index (χ0v) is 18.1.